The van der Waals surface area contributed by atoms with E-state index < -0.39 is 145 Å². The van der Waals surface area contributed by atoms with Crippen LogP contribution >= 0.6 is 11.8 Å². The summed E-state index contributed by atoms with van der Waals surface area (Å²) in [6.07, 6.45) is 4.15. The minimum Gasteiger partial charge on any atom is -0.481 e. The maximum absolute atomic E-state index is 14.4. The maximum atomic E-state index is 14.4. The molecule has 0 aliphatic heterocycles. The first-order valence-corrected chi connectivity index (χ1v) is 27.9. The van der Waals surface area contributed by atoms with E-state index in [-0.39, 0.29) is 82.1 Å². The summed E-state index contributed by atoms with van der Waals surface area (Å²) in [7, 11) is 0. The number of primary amides is 1. The number of amides is 9. The minimum absolute atomic E-state index is 0.0247. The first-order valence-electron chi connectivity index (χ1n) is 26.5. The summed E-state index contributed by atoms with van der Waals surface area (Å²) < 4.78 is 0. The molecule has 3 rings (SSSR count). The van der Waals surface area contributed by atoms with E-state index in [4.69, 9.17) is 34.4 Å². The molecule has 466 valence electrons. The van der Waals surface area contributed by atoms with Crippen LogP contribution in [0.1, 0.15) is 68.3 Å². The highest BCUT2D eigenvalue weighted by Crippen LogP contribution is 2.11. The Bertz CT molecular complexity index is 2750. The van der Waals surface area contributed by atoms with Crippen molar-refractivity contribution in [2.75, 3.05) is 31.7 Å². The van der Waals surface area contributed by atoms with Gasteiger partial charge in [-0.3, -0.25) is 57.9 Å². The fourth-order valence-electron chi connectivity index (χ4n) is 7.95. The highest BCUT2D eigenvalue weighted by atomic mass is 32.2. The molecule has 0 unspecified atom stereocenters. The van der Waals surface area contributed by atoms with Gasteiger partial charge in [0.1, 0.15) is 48.3 Å². The van der Waals surface area contributed by atoms with Crippen LogP contribution in [0.15, 0.2) is 65.4 Å². The molecular weight excluding hydrogens is 1140 g/mol. The Kier molecular flexibility index (Phi) is 30.4. The Morgan fingerprint density at radius 1 is 0.541 bits per heavy atom. The van der Waals surface area contributed by atoms with Crippen LogP contribution in [-0.2, 0) is 72.0 Å². The van der Waals surface area contributed by atoms with Gasteiger partial charge in [0.25, 0.3) is 0 Å². The minimum atomic E-state index is -1.89. The molecule has 0 saturated heterocycles. The average Bonchev–Trinajstić information content (AvgIpc) is 4.35. The third-order valence-electron chi connectivity index (χ3n) is 12.4. The highest BCUT2D eigenvalue weighted by Gasteiger charge is 2.36. The number of thioether (sulfide) groups is 1. The van der Waals surface area contributed by atoms with Crippen molar-refractivity contribution in [2.45, 2.75) is 125 Å². The third kappa shape index (κ3) is 26.6. The van der Waals surface area contributed by atoms with Crippen molar-refractivity contribution in [1.82, 2.24) is 62.5 Å². The lowest BCUT2D eigenvalue weighted by Crippen LogP contribution is -2.61. The highest BCUT2D eigenvalue weighted by molar-refractivity contribution is 7.98. The van der Waals surface area contributed by atoms with Crippen LogP contribution in [0, 0.1) is 0 Å². The molecule has 34 nitrogen and oxygen atoms in total. The SMILES string of the molecule is CSCC[C@H](N)C(=O)N[C@@H](CCC(=O)O)C(=O)N[C@@H](Cc1ccccc1)C(=O)N[C@@H](Cc1cnc[nH]1)C(=O)N[C@@H](CC(N)=O)C(=O)N[C@@H](CCCN=C(N)N)C(=O)N[C@@H](CO)C(=O)N[C@@H](CCCN=C(N)N)C(=O)N[C@@H](Cc1cnc[nH]1)C(=O)O. The second-order valence-electron chi connectivity index (χ2n) is 19.2. The summed E-state index contributed by atoms with van der Waals surface area (Å²) in [5.41, 5.74) is 34.5. The lowest BCUT2D eigenvalue weighted by atomic mass is 10.0. The molecule has 2 aromatic heterocycles. The standard InChI is InChI=1S/C50H76N20O14S/c1-85-16-13-29(51)40(75)63-32(11-12-39(73)74)43(78)66-33(17-26-7-3-2-4-8-26)44(79)67-34(18-27-21-57-24-61-27)45(80)68-35(20-38(52)72)46(81)64-31(10-6-15-60-50(55)56)42(77)70-37(23-71)47(82)65-30(9-5-14-59-49(53)54)41(76)69-36(48(83)84)19-28-22-58-25-62-28/h2-4,7-8,21-22,24-25,29-37,71H,5-6,9-20,23,51H2,1H3,(H2,52,72)(H,57,61)(H,58,62)(H,63,75)(H,64,81)(H,65,82)(H,66,78)(H,67,79)(H,68,80)(H,69,76)(H,70,77)(H,73,74)(H,83,84)(H4,53,54,59)(H4,55,56,60)/t29-,30-,31-,32-,33-,34-,35-,36-,37-/m0/s1. The van der Waals surface area contributed by atoms with Crippen molar-refractivity contribution in [3.8, 4) is 0 Å². The van der Waals surface area contributed by atoms with Crippen LogP contribution < -0.4 is 76.9 Å². The number of aromatic nitrogens is 4. The molecule has 1 aromatic carbocycles. The Labute approximate surface area is 491 Å². The van der Waals surface area contributed by atoms with Crippen molar-refractivity contribution < 1.29 is 68.1 Å². The van der Waals surface area contributed by atoms with E-state index in [2.05, 4.69) is 72.5 Å². The lowest BCUT2D eigenvalue weighted by molar-refractivity contribution is -0.142. The zero-order valence-electron chi connectivity index (χ0n) is 46.5. The largest absolute Gasteiger partial charge is 0.481 e. The van der Waals surface area contributed by atoms with Crippen LogP contribution in [0.4, 0.5) is 0 Å². The third-order valence-corrected chi connectivity index (χ3v) is 13.0. The van der Waals surface area contributed by atoms with E-state index >= 15 is 0 Å². The number of aliphatic hydroxyl groups is 1. The number of aromatic amines is 2. The number of hydrogen-bond donors (Lipinski definition) is 19. The van der Waals surface area contributed by atoms with Crippen LogP contribution in [0.3, 0.4) is 0 Å². The smallest absolute Gasteiger partial charge is 0.326 e. The lowest BCUT2D eigenvalue weighted by Gasteiger charge is -2.28. The first kappa shape index (κ1) is 69.9. The van der Waals surface area contributed by atoms with Gasteiger partial charge in [-0.2, -0.15) is 11.8 Å². The van der Waals surface area contributed by atoms with Gasteiger partial charge in [0.05, 0.1) is 31.7 Å². The Hall–Kier alpha value is -9.38. The van der Waals surface area contributed by atoms with Crippen LogP contribution in [0.5, 0.6) is 0 Å². The molecule has 2 heterocycles. The van der Waals surface area contributed by atoms with Crippen molar-refractivity contribution in [2.24, 2.45) is 44.4 Å². The number of imidazole rings is 2. The normalized spacial score (nSPS) is 14.1. The van der Waals surface area contributed by atoms with Gasteiger partial charge in [-0.05, 0) is 56.1 Å². The van der Waals surface area contributed by atoms with Crippen LogP contribution in [0.2, 0.25) is 0 Å². The molecule has 35 heteroatoms. The van der Waals surface area contributed by atoms with E-state index in [1.807, 2.05) is 0 Å². The number of carboxylic acid groups (broad SMARTS) is 2. The quantitative estimate of drug-likeness (QED) is 0.0143. The number of carbonyl (C=O) groups is 11. The zero-order valence-corrected chi connectivity index (χ0v) is 47.3. The number of aliphatic imine (C=N–C) groups is 2. The summed E-state index contributed by atoms with van der Waals surface area (Å²) in [6.45, 7) is -1.23. The number of nitrogens with two attached hydrogens (primary N) is 6. The van der Waals surface area contributed by atoms with E-state index in [1.165, 1.54) is 36.8 Å². The number of aliphatic carboxylic acids is 2. The molecule has 25 N–H and O–H groups in total. The topological polar surface area (TPSA) is 583 Å². The second kappa shape index (κ2) is 37.0. The van der Waals surface area contributed by atoms with Crippen molar-refractivity contribution >= 4 is 88.8 Å². The van der Waals surface area contributed by atoms with E-state index in [9.17, 15) is 68.1 Å². The van der Waals surface area contributed by atoms with Gasteiger partial charge in [0, 0.05) is 62.6 Å². The predicted molar refractivity (Wildman–Crippen MR) is 306 cm³/mol. The molecule has 0 aliphatic carbocycles. The predicted octanol–water partition coefficient (Wildman–Crippen LogP) is -6.96. The number of nitrogens with zero attached hydrogens (tertiary/aromatic N) is 4. The van der Waals surface area contributed by atoms with Crippen LogP contribution in [0.25, 0.3) is 0 Å². The molecule has 0 spiro atoms. The summed E-state index contributed by atoms with van der Waals surface area (Å²) in [5.74, 6) is -12.2. The maximum Gasteiger partial charge on any atom is 0.326 e. The molecule has 9 amide bonds. The molecule has 9 atom stereocenters. The number of aliphatic hydroxyl groups excluding tert-OH is 1. The van der Waals surface area contributed by atoms with Crippen molar-refractivity contribution in [3.63, 3.8) is 0 Å². The number of H-pyrrole nitrogens is 2. The molecule has 0 aliphatic rings. The summed E-state index contributed by atoms with van der Waals surface area (Å²) >= 11 is 1.42. The Morgan fingerprint density at radius 3 is 1.40 bits per heavy atom. The molecule has 0 saturated carbocycles. The second-order valence-corrected chi connectivity index (χ2v) is 20.1. The molecule has 3 aromatic rings. The van der Waals surface area contributed by atoms with Gasteiger partial charge < -0.3 is 102 Å². The monoisotopic (exact) mass is 1210 g/mol. The van der Waals surface area contributed by atoms with Crippen molar-refractivity contribution in [1.29, 1.82) is 0 Å². The summed E-state index contributed by atoms with van der Waals surface area (Å²) in [6, 6.07) is -5.83. The number of hydrogen-bond acceptors (Lipinski definition) is 18. The zero-order chi connectivity index (χ0) is 63.0. The Morgan fingerprint density at radius 2 is 0.953 bits per heavy atom. The van der Waals surface area contributed by atoms with Gasteiger partial charge >= 0.3 is 11.9 Å². The molecule has 0 bridgehead atoms. The number of carbonyl (C=O) groups excluding carboxylic acids is 9. The fraction of sp³-hybridized carbons (Fsp3) is 0.500. The van der Waals surface area contributed by atoms with Gasteiger partial charge in [-0.1, -0.05) is 30.3 Å². The average molecular weight is 1210 g/mol. The molecule has 0 fully saturated rings. The van der Waals surface area contributed by atoms with Crippen LogP contribution in [-0.4, -0.2) is 198 Å². The van der Waals surface area contributed by atoms with Gasteiger partial charge in [-0.15, -0.1) is 0 Å². The molecule has 85 heavy (non-hydrogen) atoms. The van der Waals surface area contributed by atoms with Gasteiger partial charge in [-0.25, -0.2) is 14.8 Å². The number of carboxylic acids is 2. The van der Waals surface area contributed by atoms with E-state index in [0.29, 0.717) is 17.0 Å². The fourth-order valence-corrected chi connectivity index (χ4v) is 8.44. The van der Waals surface area contributed by atoms with E-state index in [0.717, 1.165) is 0 Å². The number of benzene rings is 1. The summed E-state index contributed by atoms with van der Waals surface area (Å²) in [4.78, 5) is 169. The number of nitrogens with one attached hydrogen (secondary N) is 10. The summed E-state index contributed by atoms with van der Waals surface area (Å²) in [5, 5.41) is 49.2. The first-order chi connectivity index (χ1) is 40.4. The van der Waals surface area contributed by atoms with Crippen molar-refractivity contribution in [3.05, 3.63) is 72.3 Å². The Balaban J connectivity index is 1.94. The molecule has 0 radical (unpaired) electrons. The molecular formula is C50H76N20O14S. The van der Waals surface area contributed by atoms with Gasteiger partial charge in [0.2, 0.25) is 53.2 Å². The van der Waals surface area contributed by atoms with E-state index in [1.54, 1.807) is 36.6 Å². The number of guanidine groups is 2. The number of rotatable bonds is 40. The van der Waals surface area contributed by atoms with Gasteiger partial charge in [0.15, 0.2) is 11.9 Å².